The maximum Gasteiger partial charge on any atom is 0.340 e. The second-order valence-corrected chi connectivity index (χ2v) is 6.15. The Morgan fingerprint density at radius 1 is 1.08 bits per heavy atom. The van der Waals surface area contributed by atoms with Gasteiger partial charge < -0.3 is 9.47 Å². The lowest BCUT2D eigenvalue weighted by atomic mass is 10.0. The number of carbonyl (C=O) groups excluding carboxylic acids is 1. The van der Waals surface area contributed by atoms with Crippen molar-refractivity contribution in [3.8, 4) is 0 Å². The molecule has 3 rings (SSSR count). The monoisotopic (exact) mass is 355 g/mol. The topological polar surface area (TPSA) is 48.4 Å². The fourth-order valence-electron chi connectivity index (χ4n) is 2.75. The summed E-state index contributed by atoms with van der Waals surface area (Å²) in [6.07, 6.45) is 0. The standard InChI is InChI=1S/C20H18ClNO3/c1-13-16-5-3-4-6-17(16)22-18(12-24-2)19(13)20(23)25-11-14-7-9-15(21)10-8-14/h3-10H,11-12H2,1-2H3. The number of ether oxygens (including phenoxy) is 2. The molecule has 5 heteroatoms. The van der Waals surface area contributed by atoms with Gasteiger partial charge in [-0.25, -0.2) is 9.78 Å². The molecule has 128 valence electrons. The van der Waals surface area contributed by atoms with E-state index in [-0.39, 0.29) is 13.2 Å². The Bertz CT molecular complexity index is 907. The highest BCUT2D eigenvalue weighted by Gasteiger charge is 2.20. The summed E-state index contributed by atoms with van der Waals surface area (Å²) in [4.78, 5) is 17.3. The molecule has 1 aromatic heterocycles. The van der Waals surface area contributed by atoms with Crippen molar-refractivity contribution in [2.45, 2.75) is 20.1 Å². The lowest BCUT2D eigenvalue weighted by Crippen LogP contribution is -2.13. The van der Waals surface area contributed by atoms with Crippen LogP contribution in [0.2, 0.25) is 5.02 Å². The van der Waals surface area contributed by atoms with Crippen LogP contribution < -0.4 is 0 Å². The fraction of sp³-hybridized carbons (Fsp3) is 0.200. The second kappa shape index (κ2) is 7.64. The van der Waals surface area contributed by atoms with Gasteiger partial charge >= 0.3 is 5.97 Å². The Balaban J connectivity index is 1.92. The van der Waals surface area contributed by atoms with Crippen molar-refractivity contribution in [2.75, 3.05) is 7.11 Å². The largest absolute Gasteiger partial charge is 0.457 e. The zero-order chi connectivity index (χ0) is 17.8. The van der Waals surface area contributed by atoms with Crippen LogP contribution in [-0.4, -0.2) is 18.1 Å². The van der Waals surface area contributed by atoms with Crippen LogP contribution in [0.15, 0.2) is 48.5 Å². The number of halogens is 1. The van der Waals surface area contributed by atoms with Gasteiger partial charge in [0.25, 0.3) is 0 Å². The Hall–Kier alpha value is -2.43. The van der Waals surface area contributed by atoms with Gasteiger partial charge in [-0.2, -0.15) is 0 Å². The van der Waals surface area contributed by atoms with Crippen molar-refractivity contribution in [3.63, 3.8) is 0 Å². The Morgan fingerprint density at radius 3 is 2.52 bits per heavy atom. The van der Waals surface area contributed by atoms with Crippen LogP contribution in [0.4, 0.5) is 0 Å². The molecule has 25 heavy (non-hydrogen) atoms. The van der Waals surface area contributed by atoms with Gasteiger partial charge in [0, 0.05) is 17.5 Å². The quantitative estimate of drug-likeness (QED) is 0.622. The minimum Gasteiger partial charge on any atom is -0.457 e. The molecule has 0 bridgehead atoms. The van der Waals surface area contributed by atoms with Crippen molar-refractivity contribution in [2.24, 2.45) is 0 Å². The van der Waals surface area contributed by atoms with Gasteiger partial charge in [0.2, 0.25) is 0 Å². The van der Waals surface area contributed by atoms with Gasteiger partial charge in [0.05, 0.1) is 23.4 Å². The number of esters is 1. The van der Waals surface area contributed by atoms with Gasteiger partial charge in [0.15, 0.2) is 0 Å². The summed E-state index contributed by atoms with van der Waals surface area (Å²) >= 11 is 5.87. The lowest BCUT2D eigenvalue weighted by molar-refractivity contribution is 0.0466. The van der Waals surface area contributed by atoms with Crippen molar-refractivity contribution in [1.82, 2.24) is 4.98 Å². The van der Waals surface area contributed by atoms with Crippen molar-refractivity contribution < 1.29 is 14.3 Å². The van der Waals surface area contributed by atoms with Crippen LogP contribution in [0.3, 0.4) is 0 Å². The van der Waals surface area contributed by atoms with E-state index < -0.39 is 5.97 Å². The number of methoxy groups -OCH3 is 1. The van der Waals surface area contributed by atoms with Gasteiger partial charge in [-0.3, -0.25) is 0 Å². The predicted molar refractivity (Wildman–Crippen MR) is 97.8 cm³/mol. The first kappa shape index (κ1) is 17.4. The first-order valence-electron chi connectivity index (χ1n) is 7.89. The SMILES string of the molecule is COCc1nc2ccccc2c(C)c1C(=O)OCc1ccc(Cl)cc1. The minimum absolute atomic E-state index is 0.175. The van der Waals surface area contributed by atoms with E-state index in [1.165, 1.54) is 0 Å². The fourth-order valence-corrected chi connectivity index (χ4v) is 2.88. The van der Waals surface area contributed by atoms with Crippen molar-refractivity contribution in [1.29, 1.82) is 0 Å². The third-order valence-electron chi connectivity index (χ3n) is 4.00. The summed E-state index contributed by atoms with van der Waals surface area (Å²) in [5.41, 5.74) is 3.60. The molecule has 0 aliphatic carbocycles. The number of hydrogen-bond acceptors (Lipinski definition) is 4. The number of fused-ring (bicyclic) bond motifs is 1. The van der Waals surface area contributed by atoms with Crippen molar-refractivity contribution >= 4 is 28.5 Å². The lowest BCUT2D eigenvalue weighted by Gasteiger charge is -2.14. The number of benzene rings is 2. The molecule has 0 saturated carbocycles. The smallest absolute Gasteiger partial charge is 0.340 e. The molecule has 0 radical (unpaired) electrons. The first-order valence-corrected chi connectivity index (χ1v) is 8.26. The highest BCUT2D eigenvalue weighted by atomic mass is 35.5. The van der Waals surface area contributed by atoms with E-state index in [4.69, 9.17) is 21.1 Å². The highest BCUT2D eigenvalue weighted by molar-refractivity contribution is 6.30. The second-order valence-electron chi connectivity index (χ2n) is 5.71. The number of aromatic nitrogens is 1. The molecule has 0 saturated heterocycles. The third kappa shape index (κ3) is 3.81. The van der Waals surface area contributed by atoms with E-state index >= 15 is 0 Å². The van der Waals surface area contributed by atoms with Gasteiger partial charge in [-0.1, -0.05) is 41.9 Å². The maximum atomic E-state index is 12.7. The molecule has 0 unspecified atom stereocenters. The van der Waals surface area contributed by atoms with Gasteiger partial charge in [0.1, 0.15) is 6.61 Å². The molecule has 3 aromatic rings. The number of para-hydroxylation sites is 1. The van der Waals surface area contributed by atoms with E-state index in [1.54, 1.807) is 19.2 Å². The summed E-state index contributed by atoms with van der Waals surface area (Å²) in [6, 6.07) is 14.9. The number of aryl methyl sites for hydroxylation is 1. The summed E-state index contributed by atoms with van der Waals surface area (Å²) < 4.78 is 10.7. The number of rotatable bonds is 5. The van der Waals surface area contributed by atoms with Crippen LogP contribution in [0, 0.1) is 6.92 Å². The van der Waals surface area contributed by atoms with Crippen LogP contribution in [0.1, 0.15) is 27.2 Å². The minimum atomic E-state index is -0.405. The normalized spacial score (nSPS) is 10.8. The number of hydrogen-bond donors (Lipinski definition) is 0. The van der Waals surface area contributed by atoms with Crippen LogP contribution >= 0.6 is 11.6 Å². The Kier molecular flexibility index (Phi) is 5.31. The van der Waals surface area contributed by atoms with E-state index in [0.29, 0.717) is 16.3 Å². The molecule has 0 aliphatic rings. The molecule has 0 spiro atoms. The first-order chi connectivity index (χ1) is 12.1. The van der Waals surface area contributed by atoms with Crippen LogP contribution in [0.5, 0.6) is 0 Å². The number of pyridine rings is 1. The summed E-state index contributed by atoms with van der Waals surface area (Å²) in [5, 5.41) is 1.58. The summed E-state index contributed by atoms with van der Waals surface area (Å²) in [5.74, 6) is -0.405. The van der Waals surface area contributed by atoms with Crippen LogP contribution in [0.25, 0.3) is 10.9 Å². The number of carbonyl (C=O) groups is 1. The van der Waals surface area contributed by atoms with E-state index in [0.717, 1.165) is 22.0 Å². The average molecular weight is 356 g/mol. The van der Waals surface area contributed by atoms with Gasteiger partial charge in [-0.15, -0.1) is 0 Å². The maximum absolute atomic E-state index is 12.7. The number of nitrogens with zero attached hydrogens (tertiary/aromatic N) is 1. The zero-order valence-corrected chi connectivity index (χ0v) is 14.8. The van der Waals surface area contributed by atoms with Gasteiger partial charge in [-0.05, 0) is 36.2 Å². The Morgan fingerprint density at radius 2 is 1.80 bits per heavy atom. The van der Waals surface area contributed by atoms with Crippen LogP contribution in [-0.2, 0) is 22.7 Å². The summed E-state index contributed by atoms with van der Waals surface area (Å²) in [6.45, 7) is 2.33. The van der Waals surface area contributed by atoms with E-state index in [2.05, 4.69) is 4.98 Å². The molecule has 0 atom stereocenters. The molecular weight excluding hydrogens is 338 g/mol. The zero-order valence-electron chi connectivity index (χ0n) is 14.1. The molecule has 0 N–H and O–H groups in total. The highest BCUT2D eigenvalue weighted by Crippen LogP contribution is 2.24. The summed E-state index contributed by atoms with van der Waals surface area (Å²) in [7, 11) is 1.58. The third-order valence-corrected chi connectivity index (χ3v) is 4.25. The average Bonchev–Trinajstić information content (AvgIpc) is 2.61. The molecule has 4 nitrogen and oxygen atoms in total. The van der Waals surface area contributed by atoms with Crippen molar-refractivity contribution in [3.05, 3.63) is 75.9 Å². The molecule has 0 amide bonds. The molecule has 0 aliphatic heterocycles. The molecule has 2 aromatic carbocycles. The molecular formula is C20H18ClNO3. The molecule has 0 fully saturated rings. The Labute approximate surface area is 151 Å². The molecule has 1 heterocycles. The van der Waals surface area contributed by atoms with E-state index in [9.17, 15) is 4.79 Å². The van der Waals surface area contributed by atoms with E-state index in [1.807, 2.05) is 43.3 Å². The predicted octanol–water partition coefficient (Wildman–Crippen LogP) is 4.70.